The number of H-pyrrole nitrogens is 1. The molecule has 0 saturated carbocycles. The molecule has 168 valence electrons. The summed E-state index contributed by atoms with van der Waals surface area (Å²) in [6.45, 7) is 4.38. The zero-order valence-corrected chi connectivity index (χ0v) is 18.9. The molecule has 0 fully saturated rings. The van der Waals surface area contributed by atoms with Crippen LogP contribution in [0.5, 0.6) is 17.2 Å². The van der Waals surface area contributed by atoms with Crippen molar-refractivity contribution in [3.63, 3.8) is 0 Å². The molecular weight excluding hydrogens is 408 g/mol. The minimum absolute atomic E-state index is 0.313. The largest absolute Gasteiger partial charge is 0.493 e. The van der Waals surface area contributed by atoms with E-state index in [1.54, 1.807) is 18.2 Å². The molecule has 2 N–H and O–H groups in total. The monoisotopic (exact) mass is 436 g/mol. The Morgan fingerprint density at radius 3 is 2.28 bits per heavy atom. The smallest absolute Gasteiger partial charge is 0.289 e. The van der Waals surface area contributed by atoms with Crippen molar-refractivity contribution in [1.82, 2.24) is 15.6 Å². The van der Waals surface area contributed by atoms with Crippen LogP contribution < -0.4 is 19.6 Å². The Hall–Kier alpha value is -3.81. The Balaban J connectivity index is 1.67. The number of carbonyl (C=O) groups excluding carboxylic acids is 1. The summed E-state index contributed by atoms with van der Waals surface area (Å²) in [6.07, 6.45) is 2.52. The Morgan fingerprint density at radius 1 is 1.06 bits per heavy atom. The van der Waals surface area contributed by atoms with E-state index in [2.05, 4.69) is 46.7 Å². The van der Waals surface area contributed by atoms with Crippen LogP contribution in [0.25, 0.3) is 11.3 Å². The van der Waals surface area contributed by atoms with Crippen molar-refractivity contribution in [2.75, 3.05) is 21.3 Å². The van der Waals surface area contributed by atoms with Crippen molar-refractivity contribution < 1.29 is 19.0 Å². The molecule has 0 atom stereocenters. The van der Waals surface area contributed by atoms with Gasteiger partial charge in [-0.1, -0.05) is 38.1 Å². The van der Waals surface area contributed by atoms with Gasteiger partial charge in [0, 0.05) is 11.1 Å². The first-order chi connectivity index (χ1) is 15.4. The van der Waals surface area contributed by atoms with Gasteiger partial charge in [-0.2, -0.15) is 10.2 Å². The van der Waals surface area contributed by atoms with Crippen molar-refractivity contribution in [3.05, 3.63) is 59.3 Å². The molecule has 32 heavy (non-hydrogen) atoms. The molecule has 1 heterocycles. The molecule has 3 aromatic rings. The van der Waals surface area contributed by atoms with Gasteiger partial charge in [0.15, 0.2) is 11.5 Å². The number of aromatic nitrogens is 2. The van der Waals surface area contributed by atoms with Crippen LogP contribution >= 0.6 is 0 Å². The number of methoxy groups -OCH3 is 3. The number of carbonyl (C=O) groups is 1. The predicted octanol–water partition coefficient (Wildman–Crippen LogP) is 4.06. The number of rotatable bonds is 9. The van der Waals surface area contributed by atoms with Gasteiger partial charge in [0.2, 0.25) is 5.75 Å². The summed E-state index contributed by atoms with van der Waals surface area (Å²) in [4.78, 5) is 12.4. The van der Waals surface area contributed by atoms with E-state index >= 15 is 0 Å². The van der Waals surface area contributed by atoms with Crippen LogP contribution in [0.1, 0.15) is 35.5 Å². The van der Waals surface area contributed by atoms with Gasteiger partial charge >= 0.3 is 0 Å². The molecule has 0 aliphatic rings. The van der Waals surface area contributed by atoms with Crippen LogP contribution in [-0.2, 0) is 6.42 Å². The maximum atomic E-state index is 12.4. The van der Waals surface area contributed by atoms with Crippen molar-refractivity contribution >= 4 is 12.1 Å². The summed E-state index contributed by atoms with van der Waals surface area (Å²) in [7, 11) is 4.61. The third kappa shape index (κ3) is 5.46. The molecule has 0 radical (unpaired) electrons. The average Bonchev–Trinajstić information content (AvgIpc) is 3.28. The van der Waals surface area contributed by atoms with Gasteiger partial charge in [-0.3, -0.25) is 9.89 Å². The van der Waals surface area contributed by atoms with Gasteiger partial charge in [0.05, 0.1) is 33.2 Å². The van der Waals surface area contributed by atoms with Crippen LogP contribution in [0.15, 0.2) is 47.6 Å². The van der Waals surface area contributed by atoms with E-state index < -0.39 is 5.91 Å². The molecule has 1 aromatic heterocycles. The van der Waals surface area contributed by atoms with Crippen molar-refractivity contribution in [3.8, 4) is 28.5 Å². The van der Waals surface area contributed by atoms with Gasteiger partial charge in [-0.25, -0.2) is 5.43 Å². The first kappa shape index (κ1) is 22.9. The van der Waals surface area contributed by atoms with Crippen molar-refractivity contribution in [1.29, 1.82) is 0 Å². The van der Waals surface area contributed by atoms with Gasteiger partial charge in [0.1, 0.15) is 5.69 Å². The number of benzene rings is 2. The van der Waals surface area contributed by atoms with E-state index in [4.69, 9.17) is 14.2 Å². The second kappa shape index (κ2) is 10.5. The highest BCUT2D eigenvalue weighted by Crippen LogP contribution is 2.37. The molecule has 3 rings (SSSR count). The number of hydrogen-bond donors (Lipinski definition) is 2. The Kier molecular flexibility index (Phi) is 7.49. The van der Waals surface area contributed by atoms with Gasteiger partial charge in [0.25, 0.3) is 5.91 Å². The lowest BCUT2D eigenvalue weighted by Crippen LogP contribution is -2.18. The lowest BCUT2D eigenvalue weighted by molar-refractivity contribution is 0.0950. The third-order valence-corrected chi connectivity index (χ3v) is 4.78. The highest BCUT2D eigenvalue weighted by molar-refractivity contribution is 5.94. The molecule has 0 aliphatic carbocycles. The number of aromatic amines is 1. The van der Waals surface area contributed by atoms with Crippen molar-refractivity contribution in [2.24, 2.45) is 11.0 Å². The summed E-state index contributed by atoms with van der Waals surface area (Å²) in [5.41, 5.74) is 6.39. The normalized spacial score (nSPS) is 11.1. The number of hydrazone groups is 1. The van der Waals surface area contributed by atoms with Gasteiger partial charge in [-0.05, 0) is 36.1 Å². The lowest BCUT2D eigenvalue weighted by Gasteiger charge is -2.12. The Labute approximate surface area is 187 Å². The molecule has 8 nitrogen and oxygen atoms in total. The highest BCUT2D eigenvalue weighted by Gasteiger charge is 2.13. The Morgan fingerprint density at radius 2 is 1.72 bits per heavy atom. The number of ether oxygens (including phenoxy) is 3. The number of amides is 1. The SMILES string of the molecule is COc1cc(/C=N\NC(=O)c2cc(-c3ccc(CC(C)C)cc3)n[nH]2)cc(OC)c1OC. The molecule has 0 unspecified atom stereocenters. The van der Waals surface area contributed by atoms with Crippen molar-refractivity contribution in [2.45, 2.75) is 20.3 Å². The fourth-order valence-corrected chi connectivity index (χ4v) is 3.27. The van der Waals surface area contributed by atoms with Crippen LogP contribution in [0.3, 0.4) is 0 Å². The predicted molar refractivity (Wildman–Crippen MR) is 124 cm³/mol. The molecule has 0 aliphatic heterocycles. The topological polar surface area (TPSA) is 97.8 Å². The fraction of sp³-hybridized carbons (Fsp3) is 0.292. The van der Waals surface area contributed by atoms with Gasteiger partial charge in [-0.15, -0.1) is 0 Å². The van der Waals surface area contributed by atoms with Gasteiger partial charge < -0.3 is 14.2 Å². The van der Waals surface area contributed by atoms with Crippen LogP contribution in [0.4, 0.5) is 0 Å². The molecule has 0 bridgehead atoms. The van der Waals surface area contributed by atoms with E-state index in [0.29, 0.717) is 40.1 Å². The molecule has 1 amide bonds. The first-order valence-corrected chi connectivity index (χ1v) is 10.2. The summed E-state index contributed by atoms with van der Waals surface area (Å²) < 4.78 is 15.9. The summed E-state index contributed by atoms with van der Waals surface area (Å²) in [5.74, 6) is 1.68. The maximum absolute atomic E-state index is 12.4. The molecule has 8 heteroatoms. The first-order valence-electron chi connectivity index (χ1n) is 10.2. The van der Waals surface area contributed by atoms with E-state index in [1.807, 2.05) is 12.1 Å². The maximum Gasteiger partial charge on any atom is 0.289 e. The highest BCUT2D eigenvalue weighted by atomic mass is 16.5. The van der Waals surface area contributed by atoms with E-state index in [-0.39, 0.29) is 0 Å². The number of hydrogen-bond acceptors (Lipinski definition) is 6. The van der Waals surface area contributed by atoms with E-state index in [9.17, 15) is 4.79 Å². The fourth-order valence-electron chi connectivity index (χ4n) is 3.27. The zero-order chi connectivity index (χ0) is 23.1. The minimum atomic E-state index is -0.399. The summed E-state index contributed by atoms with van der Waals surface area (Å²) in [5, 5.41) is 11.0. The van der Waals surface area contributed by atoms with Crippen LogP contribution in [0, 0.1) is 5.92 Å². The second-order valence-corrected chi connectivity index (χ2v) is 7.62. The standard InChI is InChI=1S/C24H28N4O4/c1-15(2)10-16-6-8-18(9-7-16)19-13-20(27-26-19)24(29)28-25-14-17-11-21(30-3)23(32-5)22(12-17)31-4/h6-9,11-15H,10H2,1-5H3,(H,26,27)(H,28,29)/b25-14-. The average molecular weight is 437 g/mol. The molecular formula is C24H28N4O4. The number of nitrogens with one attached hydrogen (secondary N) is 2. The lowest BCUT2D eigenvalue weighted by atomic mass is 10.0. The van der Waals surface area contributed by atoms with E-state index in [1.165, 1.54) is 33.1 Å². The molecule has 0 spiro atoms. The van der Waals surface area contributed by atoms with E-state index in [0.717, 1.165) is 12.0 Å². The quantitative estimate of drug-likeness (QED) is 0.389. The summed E-state index contributed by atoms with van der Waals surface area (Å²) >= 11 is 0. The molecule has 0 saturated heterocycles. The zero-order valence-electron chi connectivity index (χ0n) is 18.9. The molecule has 2 aromatic carbocycles. The summed E-state index contributed by atoms with van der Waals surface area (Å²) in [6, 6.07) is 13.4. The van der Waals surface area contributed by atoms with Crippen LogP contribution in [-0.4, -0.2) is 43.6 Å². The Bertz CT molecular complexity index is 1060. The minimum Gasteiger partial charge on any atom is -0.493 e. The third-order valence-electron chi connectivity index (χ3n) is 4.78. The van der Waals surface area contributed by atoms with Crippen LogP contribution in [0.2, 0.25) is 0 Å². The number of nitrogens with zero attached hydrogens (tertiary/aromatic N) is 2. The second-order valence-electron chi connectivity index (χ2n) is 7.62.